The molecule has 0 amide bonds. The zero-order valence-electron chi connectivity index (χ0n) is 10.9. The predicted molar refractivity (Wildman–Crippen MR) is 83.1 cm³/mol. The molecule has 1 aliphatic rings. The molecule has 2 aromatic carbocycles. The van der Waals surface area contributed by atoms with Gasteiger partial charge in [-0.15, -0.1) is 0 Å². The van der Waals surface area contributed by atoms with Crippen LogP contribution in [0, 0.1) is 0 Å². The minimum Gasteiger partial charge on any atom is -0.481 e. The molecule has 1 aliphatic heterocycles. The number of rotatable bonds is 1. The second kappa shape index (κ2) is 5.06. The van der Waals surface area contributed by atoms with Crippen molar-refractivity contribution in [3.63, 3.8) is 0 Å². The number of para-hydroxylation sites is 1. The normalized spacial score (nSPS) is 19.1. The van der Waals surface area contributed by atoms with Gasteiger partial charge >= 0.3 is 0 Å². The molecule has 1 atom stereocenters. The second-order valence-electron chi connectivity index (χ2n) is 4.59. The Morgan fingerprint density at radius 2 is 2.05 bits per heavy atom. The van der Waals surface area contributed by atoms with E-state index in [2.05, 4.69) is 10.3 Å². The van der Waals surface area contributed by atoms with Gasteiger partial charge in [0.05, 0.1) is 16.4 Å². The van der Waals surface area contributed by atoms with E-state index in [-0.39, 0.29) is 6.10 Å². The Morgan fingerprint density at radius 1 is 1.25 bits per heavy atom. The van der Waals surface area contributed by atoms with E-state index in [0.29, 0.717) is 16.4 Å². The van der Waals surface area contributed by atoms with E-state index >= 15 is 0 Å². The molecular weight excluding hydrogens is 274 g/mol. The number of ether oxygens (including phenoxy) is 1. The fourth-order valence-electron chi connectivity index (χ4n) is 2.02. The lowest BCUT2D eigenvalue weighted by Crippen LogP contribution is -2.34. The van der Waals surface area contributed by atoms with Crippen molar-refractivity contribution in [3.05, 3.63) is 47.5 Å². The molecule has 102 valence electrons. The van der Waals surface area contributed by atoms with Crippen LogP contribution in [0.5, 0.6) is 5.75 Å². The van der Waals surface area contributed by atoms with Crippen LogP contribution in [0.1, 0.15) is 6.92 Å². The maximum Gasteiger partial charge on any atom is 0.153 e. The SMILES string of the molecule is CC1Oc2cc(N)ccc2NC1=Nc1ccccc1Cl. The Bertz CT molecular complexity index is 685. The van der Waals surface area contributed by atoms with Gasteiger partial charge in [-0.25, -0.2) is 4.99 Å². The van der Waals surface area contributed by atoms with Gasteiger partial charge in [-0.2, -0.15) is 0 Å². The third-order valence-corrected chi connectivity index (χ3v) is 3.37. The number of nitrogens with zero attached hydrogens (tertiary/aromatic N) is 1. The Morgan fingerprint density at radius 3 is 2.85 bits per heavy atom. The van der Waals surface area contributed by atoms with E-state index in [1.807, 2.05) is 43.3 Å². The highest BCUT2D eigenvalue weighted by Crippen LogP contribution is 2.33. The van der Waals surface area contributed by atoms with Crippen molar-refractivity contribution < 1.29 is 4.74 Å². The van der Waals surface area contributed by atoms with E-state index in [1.54, 1.807) is 6.07 Å². The predicted octanol–water partition coefficient (Wildman–Crippen LogP) is 3.85. The van der Waals surface area contributed by atoms with Crippen LogP contribution in [0.4, 0.5) is 17.1 Å². The van der Waals surface area contributed by atoms with E-state index in [1.165, 1.54) is 0 Å². The molecule has 1 unspecified atom stereocenters. The minimum absolute atomic E-state index is 0.194. The fourth-order valence-corrected chi connectivity index (χ4v) is 2.19. The van der Waals surface area contributed by atoms with E-state index in [0.717, 1.165) is 17.3 Å². The number of nitrogens with two attached hydrogens (primary N) is 1. The van der Waals surface area contributed by atoms with Gasteiger partial charge in [-0.1, -0.05) is 23.7 Å². The highest BCUT2D eigenvalue weighted by molar-refractivity contribution is 6.33. The van der Waals surface area contributed by atoms with Crippen molar-refractivity contribution in [2.45, 2.75) is 13.0 Å². The number of anilines is 2. The summed E-state index contributed by atoms with van der Waals surface area (Å²) in [5, 5.41) is 3.87. The molecule has 2 aromatic rings. The van der Waals surface area contributed by atoms with Gasteiger partial charge in [0.15, 0.2) is 6.10 Å². The van der Waals surface area contributed by atoms with Gasteiger partial charge in [0.2, 0.25) is 0 Å². The van der Waals surface area contributed by atoms with Crippen LogP contribution in [-0.2, 0) is 0 Å². The maximum atomic E-state index is 6.12. The van der Waals surface area contributed by atoms with E-state index in [4.69, 9.17) is 22.1 Å². The first kappa shape index (κ1) is 12.8. The first-order chi connectivity index (χ1) is 9.63. The number of amidine groups is 1. The Hall–Kier alpha value is -2.20. The van der Waals surface area contributed by atoms with E-state index in [9.17, 15) is 0 Å². The molecular formula is C15H14ClN3O. The lowest BCUT2D eigenvalue weighted by Gasteiger charge is -2.26. The monoisotopic (exact) mass is 287 g/mol. The molecule has 20 heavy (non-hydrogen) atoms. The number of fused-ring (bicyclic) bond motifs is 1. The summed E-state index contributed by atoms with van der Waals surface area (Å²) in [6, 6.07) is 12.9. The van der Waals surface area contributed by atoms with Gasteiger partial charge in [-0.05, 0) is 31.2 Å². The van der Waals surface area contributed by atoms with Crippen molar-refractivity contribution >= 4 is 34.5 Å². The topological polar surface area (TPSA) is 59.6 Å². The fraction of sp³-hybridized carbons (Fsp3) is 0.133. The van der Waals surface area contributed by atoms with E-state index < -0.39 is 0 Å². The van der Waals surface area contributed by atoms with Gasteiger partial charge < -0.3 is 15.8 Å². The first-order valence-electron chi connectivity index (χ1n) is 6.30. The number of nitrogens with one attached hydrogen (secondary N) is 1. The van der Waals surface area contributed by atoms with Crippen LogP contribution < -0.4 is 15.8 Å². The standard InChI is InChI=1S/C15H14ClN3O/c1-9-15(18-12-5-3-2-4-11(12)16)19-13-7-6-10(17)8-14(13)20-9/h2-9H,17H2,1H3,(H,18,19). The second-order valence-corrected chi connectivity index (χ2v) is 5.00. The molecule has 1 heterocycles. The summed E-state index contributed by atoms with van der Waals surface area (Å²) in [6.45, 7) is 1.93. The van der Waals surface area contributed by atoms with Gasteiger partial charge in [0.25, 0.3) is 0 Å². The van der Waals surface area contributed by atoms with Crippen molar-refractivity contribution in [2.24, 2.45) is 4.99 Å². The molecule has 0 fully saturated rings. The maximum absolute atomic E-state index is 6.12. The summed E-state index contributed by atoms with van der Waals surface area (Å²) in [6.07, 6.45) is -0.194. The molecule has 0 aromatic heterocycles. The van der Waals surface area contributed by atoms with Crippen LogP contribution in [0.25, 0.3) is 0 Å². The van der Waals surface area contributed by atoms with Gasteiger partial charge in [0, 0.05) is 11.8 Å². The summed E-state index contributed by atoms with van der Waals surface area (Å²) < 4.78 is 5.82. The molecule has 0 saturated carbocycles. The average Bonchev–Trinajstić information content (AvgIpc) is 2.42. The molecule has 3 rings (SSSR count). The average molecular weight is 288 g/mol. The quantitative estimate of drug-likeness (QED) is 0.783. The smallest absolute Gasteiger partial charge is 0.153 e. The number of hydrogen-bond acceptors (Lipinski definition) is 3. The lowest BCUT2D eigenvalue weighted by atomic mass is 10.2. The Labute approximate surface area is 122 Å². The van der Waals surface area contributed by atoms with Gasteiger partial charge in [0.1, 0.15) is 11.6 Å². The molecule has 5 heteroatoms. The summed E-state index contributed by atoms with van der Waals surface area (Å²) >= 11 is 6.12. The molecule has 4 nitrogen and oxygen atoms in total. The minimum atomic E-state index is -0.194. The summed E-state index contributed by atoms with van der Waals surface area (Å²) in [7, 11) is 0. The largest absolute Gasteiger partial charge is 0.481 e. The van der Waals surface area contributed by atoms with Crippen molar-refractivity contribution in [2.75, 3.05) is 11.1 Å². The molecule has 0 radical (unpaired) electrons. The van der Waals surface area contributed by atoms with Crippen LogP contribution >= 0.6 is 11.6 Å². The Balaban J connectivity index is 1.97. The number of nitrogen functional groups attached to an aromatic ring is 1. The van der Waals surface area contributed by atoms with Crippen LogP contribution in [-0.4, -0.2) is 11.9 Å². The van der Waals surface area contributed by atoms with Crippen molar-refractivity contribution in [1.29, 1.82) is 0 Å². The first-order valence-corrected chi connectivity index (χ1v) is 6.67. The molecule has 0 saturated heterocycles. The number of benzene rings is 2. The third-order valence-electron chi connectivity index (χ3n) is 3.05. The van der Waals surface area contributed by atoms with Crippen molar-refractivity contribution in [1.82, 2.24) is 0 Å². The highest BCUT2D eigenvalue weighted by Gasteiger charge is 2.22. The molecule has 0 spiro atoms. The van der Waals surface area contributed by atoms with Crippen LogP contribution in [0.3, 0.4) is 0 Å². The Kier molecular flexibility index (Phi) is 3.24. The van der Waals surface area contributed by atoms with Crippen LogP contribution in [0.15, 0.2) is 47.5 Å². The number of aliphatic imine (C=N–C) groups is 1. The zero-order chi connectivity index (χ0) is 14.1. The summed E-state index contributed by atoms with van der Waals surface area (Å²) in [5.41, 5.74) is 7.98. The number of halogens is 1. The summed E-state index contributed by atoms with van der Waals surface area (Å²) in [5.74, 6) is 1.45. The molecule has 3 N–H and O–H groups in total. The van der Waals surface area contributed by atoms with Gasteiger partial charge in [-0.3, -0.25) is 0 Å². The zero-order valence-corrected chi connectivity index (χ0v) is 11.7. The van der Waals surface area contributed by atoms with Crippen LogP contribution in [0.2, 0.25) is 5.02 Å². The van der Waals surface area contributed by atoms with Crippen molar-refractivity contribution in [3.8, 4) is 5.75 Å². The molecule has 0 bridgehead atoms. The highest BCUT2D eigenvalue weighted by atomic mass is 35.5. The molecule has 0 aliphatic carbocycles. The third kappa shape index (κ3) is 2.42. The number of hydrogen-bond donors (Lipinski definition) is 2. The summed E-state index contributed by atoms with van der Waals surface area (Å²) in [4.78, 5) is 4.54. The lowest BCUT2D eigenvalue weighted by molar-refractivity contribution is 0.283.